The number of ether oxygens (including phenoxy) is 1. The van der Waals surface area contributed by atoms with E-state index in [9.17, 15) is 4.79 Å². The fraction of sp³-hybridized carbons (Fsp3) is 0.971. The maximum Gasteiger partial charge on any atom is 0.305 e. The molecule has 0 amide bonds. The Kier molecular flexibility index (Phi) is 34.1. The first-order valence-electron chi connectivity index (χ1n) is 17.5. The monoisotopic (exact) mass is 617 g/mol. The molecule has 0 aliphatic heterocycles. The molecule has 0 saturated heterocycles. The zero-order valence-electron chi connectivity index (χ0n) is 27.4. The molecule has 0 spiro atoms. The number of nitrogens with zero attached hydrogens (tertiary/aromatic N) is 1. The van der Waals surface area contributed by atoms with Crippen molar-refractivity contribution in [3.63, 3.8) is 0 Å². The number of hydrogen-bond donors (Lipinski definition) is 0. The molecule has 0 N–H and O–H groups in total. The van der Waals surface area contributed by atoms with E-state index in [1.807, 2.05) is 0 Å². The summed E-state index contributed by atoms with van der Waals surface area (Å²) in [4.78, 5) is 12.1. The third kappa shape index (κ3) is 34.0. The molecular formula is C35H72BrNO2. The van der Waals surface area contributed by atoms with Gasteiger partial charge in [0.1, 0.15) is 13.2 Å². The van der Waals surface area contributed by atoms with Crippen LogP contribution in [0.25, 0.3) is 0 Å². The van der Waals surface area contributed by atoms with Gasteiger partial charge in [0, 0.05) is 6.42 Å². The molecule has 39 heavy (non-hydrogen) atoms. The van der Waals surface area contributed by atoms with E-state index in [4.69, 9.17) is 4.74 Å². The molecule has 0 aromatic rings. The summed E-state index contributed by atoms with van der Waals surface area (Å²) >= 11 is 0. The topological polar surface area (TPSA) is 26.3 Å². The van der Waals surface area contributed by atoms with Gasteiger partial charge in [-0.3, -0.25) is 4.79 Å². The third-order valence-electron chi connectivity index (χ3n) is 8.31. The Balaban J connectivity index is 0. The van der Waals surface area contributed by atoms with Gasteiger partial charge in [0.2, 0.25) is 0 Å². The molecule has 0 aliphatic carbocycles. The summed E-state index contributed by atoms with van der Waals surface area (Å²) in [6.45, 7) is 7.26. The van der Waals surface area contributed by atoms with Crippen molar-refractivity contribution in [2.24, 2.45) is 0 Å². The van der Waals surface area contributed by atoms with Crippen LogP contribution in [0.3, 0.4) is 0 Å². The van der Waals surface area contributed by atoms with E-state index in [0.29, 0.717) is 13.0 Å². The van der Waals surface area contributed by atoms with Gasteiger partial charge in [-0.05, 0) is 19.3 Å². The highest BCUT2D eigenvalue weighted by atomic mass is 79.9. The first-order valence-corrected chi connectivity index (χ1v) is 17.5. The van der Waals surface area contributed by atoms with Crippen LogP contribution in [0.2, 0.25) is 0 Å². The predicted molar refractivity (Wildman–Crippen MR) is 169 cm³/mol. The van der Waals surface area contributed by atoms with Crippen molar-refractivity contribution in [3.05, 3.63) is 0 Å². The van der Waals surface area contributed by atoms with Crippen molar-refractivity contribution >= 4 is 5.97 Å². The number of hydrogen-bond acceptors (Lipinski definition) is 2. The van der Waals surface area contributed by atoms with E-state index in [1.165, 1.54) is 167 Å². The molecule has 4 heteroatoms. The van der Waals surface area contributed by atoms with Gasteiger partial charge >= 0.3 is 5.97 Å². The van der Waals surface area contributed by atoms with Crippen LogP contribution in [0.4, 0.5) is 0 Å². The van der Waals surface area contributed by atoms with Crippen molar-refractivity contribution in [1.82, 2.24) is 0 Å². The molecule has 236 valence electrons. The summed E-state index contributed by atoms with van der Waals surface area (Å²) < 4.78 is 6.50. The van der Waals surface area contributed by atoms with Gasteiger partial charge in [-0.25, -0.2) is 0 Å². The van der Waals surface area contributed by atoms with Crippen LogP contribution in [0.5, 0.6) is 0 Å². The van der Waals surface area contributed by atoms with E-state index in [0.717, 1.165) is 17.4 Å². The van der Waals surface area contributed by atoms with Crippen molar-refractivity contribution in [3.8, 4) is 0 Å². The van der Waals surface area contributed by atoms with Crippen LogP contribution >= 0.6 is 0 Å². The fourth-order valence-corrected chi connectivity index (χ4v) is 5.44. The van der Waals surface area contributed by atoms with Gasteiger partial charge < -0.3 is 26.2 Å². The Morgan fingerprint density at radius 1 is 0.462 bits per heavy atom. The normalized spacial score (nSPS) is 11.5. The predicted octanol–water partition coefficient (Wildman–Crippen LogP) is 8.18. The van der Waals surface area contributed by atoms with Crippen LogP contribution < -0.4 is 17.0 Å². The molecule has 0 atom stereocenters. The molecule has 0 unspecified atom stereocenters. The van der Waals surface area contributed by atoms with Crippen molar-refractivity contribution in [1.29, 1.82) is 0 Å². The zero-order valence-corrected chi connectivity index (χ0v) is 28.9. The SMILES string of the molecule is CCCCCCCCCCCCCCCCCC[N+](C)(C)CCOC(=O)CCCCCCCCCCCC.[Br-]. The van der Waals surface area contributed by atoms with Gasteiger partial charge in [-0.2, -0.15) is 0 Å². The van der Waals surface area contributed by atoms with Crippen LogP contribution in [-0.4, -0.2) is 44.2 Å². The molecule has 0 bridgehead atoms. The summed E-state index contributed by atoms with van der Waals surface area (Å²) in [5.41, 5.74) is 0. The van der Waals surface area contributed by atoms with E-state index < -0.39 is 0 Å². The Bertz CT molecular complexity index is 483. The Morgan fingerprint density at radius 2 is 0.769 bits per heavy atom. The minimum absolute atomic E-state index is 0. The van der Waals surface area contributed by atoms with Gasteiger partial charge in [0.25, 0.3) is 0 Å². The number of rotatable bonds is 31. The summed E-state index contributed by atoms with van der Waals surface area (Å²) in [6, 6.07) is 0. The van der Waals surface area contributed by atoms with Gasteiger partial charge in [-0.1, -0.05) is 162 Å². The minimum Gasteiger partial charge on any atom is -1.00 e. The third-order valence-corrected chi connectivity index (χ3v) is 8.31. The number of unbranched alkanes of at least 4 members (excludes halogenated alkanes) is 24. The zero-order chi connectivity index (χ0) is 28.0. The van der Waals surface area contributed by atoms with Crippen LogP contribution in [-0.2, 0) is 9.53 Å². The van der Waals surface area contributed by atoms with Crippen molar-refractivity contribution in [2.45, 2.75) is 187 Å². The van der Waals surface area contributed by atoms with Crippen molar-refractivity contribution < 1.29 is 31.0 Å². The average molecular weight is 619 g/mol. The Morgan fingerprint density at radius 3 is 1.13 bits per heavy atom. The second-order valence-corrected chi connectivity index (χ2v) is 12.8. The van der Waals surface area contributed by atoms with Gasteiger partial charge in [0.05, 0.1) is 20.6 Å². The highest BCUT2D eigenvalue weighted by Crippen LogP contribution is 2.15. The average Bonchev–Trinajstić information content (AvgIpc) is 2.89. The number of carbonyl (C=O) groups is 1. The minimum atomic E-state index is 0. The van der Waals surface area contributed by atoms with E-state index in [-0.39, 0.29) is 23.0 Å². The lowest BCUT2D eigenvalue weighted by molar-refractivity contribution is -0.890. The maximum absolute atomic E-state index is 12.1. The maximum atomic E-state index is 12.1. The van der Waals surface area contributed by atoms with E-state index >= 15 is 0 Å². The summed E-state index contributed by atoms with van der Waals surface area (Å²) in [6.07, 6.45) is 36.3. The lowest BCUT2D eigenvalue weighted by Crippen LogP contribution is -3.00. The largest absolute Gasteiger partial charge is 1.00 e. The Labute approximate surface area is 257 Å². The molecule has 0 aliphatic rings. The van der Waals surface area contributed by atoms with Crippen LogP contribution in [0.1, 0.15) is 187 Å². The molecule has 3 nitrogen and oxygen atoms in total. The first kappa shape index (κ1) is 41.0. The van der Waals surface area contributed by atoms with E-state index in [2.05, 4.69) is 27.9 Å². The van der Waals surface area contributed by atoms with Crippen LogP contribution in [0, 0.1) is 0 Å². The number of likely N-dealkylation sites (N-methyl/N-ethyl adjacent to an activating group) is 1. The summed E-state index contributed by atoms with van der Waals surface area (Å²) in [5, 5.41) is 0. The Hall–Kier alpha value is -0.0900. The highest BCUT2D eigenvalue weighted by Gasteiger charge is 2.15. The quantitative estimate of drug-likeness (QED) is 0.0445. The molecule has 0 aromatic carbocycles. The second kappa shape index (κ2) is 32.4. The smallest absolute Gasteiger partial charge is 0.305 e. The summed E-state index contributed by atoms with van der Waals surface area (Å²) in [5.74, 6) is 0.00646. The number of halogens is 1. The number of quaternary nitrogens is 1. The second-order valence-electron chi connectivity index (χ2n) is 12.8. The van der Waals surface area contributed by atoms with Gasteiger partial charge in [-0.15, -0.1) is 0 Å². The van der Waals surface area contributed by atoms with Gasteiger partial charge in [0.15, 0.2) is 0 Å². The molecule has 0 radical (unpaired) electrons. The lowest BCUT2D eigenvalue weighted by Gasteiger charge is -2.29. The molecule has 0 heterocycles. The van der Waals surface area contributed by atoms with Crippen LogP contribution in [0.15, 0.2) is 0 Å². The molecule has 0 saturated carbocycles. The molecule has 0 aromatic heterocycles. The lowest BCUT2D eigenvalue weighted by atomic mass is 10.0. The number of esters is 1. The standard InChI is InChI=1S/C35H72NO2.BrH/c1-5-7-9-11-13-15-17-18-19-20-21-22-24-26-28-30-32-36(3,4)33-34-38-35(37)31-29-27-25-23-16-14-12-10-8-6-2;/h5-34H2,1-4H3;1H/q+1;/p-1. The highest BCUT2D eigenvalue weighted by molar-refractivity contribution is 5.69. The van der Waals surface area contributed by atoms with Crippen molar-refractivity contribution in [2.75, 3.05) is 33.8 Å². The summed E-state index contributed by atoms with van der Waals surface area (Å²) in [7, 11) is 4.56. The molecule has 0 fully saturated rings. The molecule has 0 rings (SSSR count). The van der Waals surface area contributed by atoms with E-state index in [1.54, 1.807) is 0 Å². The number of carbonyl (C=O) groups excluding carboxylic acids is 1. The molecular weight excluding hydrogens is 546 g/mol. The first-order chi connectivity index (χ1) is 18.5. The fourth-order valence-electron chi connectivity index (χ4n) is 5.44.